The molecule has 0 aliphatic carbocycles. The summed E-state index contributed by atoms with van der Waals surface area (Å²) in [6.07, 6.45) is 0. The molecule has 1 atom stereocenters. The van der Waals surface area contributed by atoms with Gasteiger partial charge in [0.25, 0.3) is 5.91 Å². The number of hydrogen-bond acceptors (Lipinski definition) is 5. The van der Waals surface area contributed by atoms with Crippen molar-refractivity contribution < 1.29 is 9.90 Å². The Labute approximate surface area is 193 Å². The van der Waals surface area contributed by atoms with Crippen LogP contribution < -0.4 is 10.9 Å². The number of nitrogens with one attached hydrogen (secondary N) is 1. The zero-order valence-electron chi connectivity index (χ0n) is 19.4. The highest BCUT2D eigenvalue weighted by atomic mass is 16.3. The number of carbonyl (C=O) groups is 1. The van der Waals surface area contributed by atoms with E-state index < -0.39 is 11.3 Å². The van der Waals surface area contributed by atoms with Gasteiger partial charge in [-0.2, -0.15) is 4.98 Å². The molecule has 2 heterocycles. The van der Waals surface area contributed by atoms with E-state index in [1.807, 2.05) is 64.1 Å². The Balaban J connectivity index is 2.03. The smallest absolute Gasteiger partial charge is 0.317 e. The van der Waals surface area contributed by atoms with Gasteiger partial charge in [-0.3, -0.25) is 14.2 Å². The average molecular weight is 447 g/mol. The molecular formula is C26H30N4O3. The normalized spacial score (nSPS) is 15.9. The number of rotatable bonds is 6. The summed E-state index contributed by atoms with van der Waals surface area (Å²) < 4.78 is 1.74. The van der Waals surface area contributed by atoms with Crippen molar-refractivity contribution in [1.29, 1.82) is 0 Å². The fourth-order valence-electron chi connectivity index (χ4n) is 4.57. The molecule has 2 N–H and O–H groups in total. The molecule has 1 amide bonds. The Kier molecular flexibility index (Phi) is 6.22. The van der Waals surface area contributed by atoms with E-state index in [1.54, 1.807) is 9.47 Å². The second-order valence-electron chi connectivity index (χ2n) is 9.02. The molecule has 1 aliphatic rings. The van der Waals surface area contributed by atoms with Crippen LogP contribution in [0.5, 0.6) is 5.75 Å². The molecule has 0 unspecified atom stereocenters. The third-order valence-corrected chi connectivity index (χ3v) is 6.03. The maximum atomic E-state index is 13.5. The first-order valence-corrected chi connectivity index (χ1v) is 11.3. The molecule has 0 saturated carbocycles. The average Bonchev–Trinajstić information content (AvgIpc) is 2.79. The van der Waals surface area contributed by atoms with Gasteiger partial charge >= 0.3 is 5.56 Å². The molecular weight excluding hydrogens is 416 g/mol. The number of benzene rings is 2. The molecule has 1 aromatic heterocycles. The Morgan fingerprint density at radius 2 is 1.48 bits per heavy atom. The van der Waals surface area contributed by atoms with Crippen LogP contribution in [0.25, 0.3) is 0 Å². The monoisotopic (exact) mass is 446 g/mol. The second kappa shape index (κ2) is 9.10. The number of anilines is 1. The Morgan fingerprint density at radius 3 is 1.97 bits per heavy atom. The summed E-state index contributed by atoms with van der Waals surface area (Å²) in [6.45, 7) is 8.17. The number of carbonyl (C=O) groups excluding carboxylic acids is 1. The lowest BCUT2D eigenvalue weighted by Crippen LogP contribution is -2.50. The fraction of sp³-hybridized carbons (Fsp3) is 0.346. The number of fused-ring (bicyclic) bond motifs is 1. The van der Waals surface area contributed by atoms with Gasteiger partial charge in [-0.05, 0) is 38.8 Å². The molecule has 0 radical (unpaired) electrons. The third-order valence-electron chi connectivity index (χ3n) is 6.03. The van der Waals surface area contributed by atoms with Gasteiger partial charge < -0.3 is 15.3 Å². The van der Waals surface area contributed by atoms with E-state index in [0.29, 0.717) is 12.5 Å². The minimum absolute atomic E-state index is 0.0139. The van der Waals surface area contributed by atoms with Crippen LogP contribution in [0, 0.1) is 0 Å². The van der Waals surface area contributed by atoms with Crippen LogP contribution in [0.1, 0.15) is 61.3 Å². The first-order valence-electron chi connectivity index (χ1n) is 11.3. The number of amides is 1. The first kappa shape index (κ1) is 22.6. The summed E-state index contributed by atoms with van der Waals surface area (Å²) in [6, 6.07) is 19.8. The lowest BCUT2D eigenvalue weighted by molar-refractivity contribution is 0.0588. The van der Waals surface area contributed by atoms with Gasteiger partial charge in [0.2, 0.25) is 11.7 Å². The van der Waals surface area contributed by atoms with Crippen LogP contribution in [-0.2, 0) is 0 Å². The maximum absolute atomic E-state index is 13.5. The van der Waals surface area contributed by atoms with Crippen molar-refractivity contribution >= 4 is 11.9 Å². The molecule has 0 fully saturated rings. The summed E-state index contributed by atoms with van der Waals surface area (Å²) in [5.74, 6) is -0.826. The van der Waals surface area contributed by atoms with Crippen LogP contribution in [0.15, 0.2) is 65.5 Å². The van der Waals surface area contributed by atoms with Crippen LogP contribution >= 0.6 is 0 Å². The molecule has 7 nitrogen and oxygen atoms in total. The van der Waals surface area contributed by atoms with Crippen molar-refractivity contribution in [1.82, 2.24) is 14.5 Å². The molecule has 4 rings (SSSR count). The first-order chi connectivity index (χ1) is 15.8. The predicted octanol–water partition coefficient (Wildman–Crippen LogP) is 4.01. The number of aromatic nitrogens is 2. The van der Waals surface area contributed by atoms with Gasteiger partial charge in [0, 0.05) is 24.5 Å². The van der Waals surface area contributed by atoms with Crippen molar-refractivity contribution in [3.63, 3.8) is 0 Å². The van der Waals surface area contributed by atoms with Gasteiger partial charge in [-0.25, -0.2) is 0 Å². The van der Waals surface area contributed by atoms with Crippen molar-refractivity contribution in [3.8, 4) is 5.75 Å². The SMILES string of the molecule is CC(C)Nc1nc(=O)c(O)c2n1[C@@H](C(c1ccccc1)c1ccccc1)CN(C(C)C)C2=O. The van der Waals surface area contributed by atoms with Gasteiger partial charge in [0.15, 0.2) is 5.69 Å². The van der Waals surface area contributed by atoms with Crippen molar-refractivity contribution in [2.24, 2.45) is 0 Å². The molecule has 0 saturated heterocycles. The topological polar surface area (TPSA) is 87.5 Å². The van der Waals surface area contributed by atoms with E-state index in [0.717, 1.165) is 11.1 Å². The van der Waals surface area contributed by atoms with Crippen LogP contribution in [-0.4, -0.2) is 44.1 Å². The van der Waals surface area contributed by atoms with Gasteiger partial charge in [0.05, 0.1) is 6.04 Å². The molecule has 2 aromatic carbocycles. The number of hydrogen-bond donors (Lipinski definition) is 2. The zero-order chi connectivity index (χ0) is 23.7. The van der Waals surface area contributed by atoms with E-state index in [9.17, 15) is 14.7 Å². The largest absolute Gasteiger partial charge is 0.501 e. The van der Waals surface area contributed by atoms with Crippen LogP contribution in [0.2, 0.25) is 0 Å². The van der Waals surface area contributed by atoms with E-state index >= 15 is 0 Å². The number of nitrogens with zero attached hydrogens (tertiary/aromatic N) is 3. The molecule has 1 aliphatic heterocycles. The summed E-state index contributed by atoms with van der Waals surface area (Å²) >= 11 is 0. The predicted molar refractivity (Wildman–Crippen MR) is 129 cm³/mol. The molecule has 7 heteroatoms. The molecule has 33 heavy (non-hydrogen) atoms. The number of aromatic hydroxyl groups is 1. The standard InChI is InChI=1S/C26H30N4O3/c1-16(2)27-26-28-24(32)23(31)22-25(33)29(17(3)4)15-20(30(22)26)21(18-11-7-5-8-12-18)19-13-9-6-10-14-19/h5-14,16-17,20-21,31H,15H2,1-4H3,(H,27,28,32)/t20-/m1/s1. The summed E-state index contributed by atoms with van der Waals surface area (Å²) in [4.78, 5) is 31.9. The molecule has 0 bridgehead atoms. The highest BCUT2D eigenvalue weighted by molar-refractivity contribution is 5.96. The molecule has 0 spiro atoms. The molecule has 3 aromatic rings. The van der Waals surface area contributed by atoms with Gasteiger partial charge in [-0.15, -0.1) is 0 Å². The summed E-state index contributed by atoms with van der Waals surface area (Å²) in [5, 5.41) is 14.0. The second-order valence-corrected chi connectivity index (χ2v) is 9.02. The lowest BCUT2D eigenvalue weighted by Gasteiger charge is -2.42. The summed E-state index contributed by atoms with van der Waals surface area (Å²) in [7, 11) is 0. The fourth-order valence-corrected chi connectivity index (χ4v) is 4.57. The maximum Gasteiger partial charge on any atom is 0.317 e. The van der Waals surface area contributed by atoms with Gasteiger partial charge in [0.1, 0.15) is 0 Å². The lowest BCUT2D eigenvalue weighted by atomic mass is 9.83. The Hall–Kier alpha value is -3.61. The Bertz CT molecular complexity index is 1150. The molecule has 172 valence electrons. The van der Waals surface area contributed by atoms with E-state index in [-0.39, 0.29) is 35.6 Å². The van der Waals surface area contributed by atoms with Crippen LogP contribution in [0.3, 0.4) is 0 Å². The third kappa shape index (κ3) is 4.23. The minimum Gasteiger partial charge on any atom is -0.501 e. The van der Waals surface area contributed by atoms with Crippen molar-refractivity contribution in [2.75, 3.05) is 11.9 Å². The van der Waals surface area contributed by atoms with Gasteiger partial charge in [-0.1, -0.05) is 60.7 Å². The van der Waals surface area contributed by atoms with Crippen LogP contribution in [0.4, 0.5) is 5.95 Å². The highest BCUT2D eigenvalue weighted by Crippen LogP contribution is 2.41. The van der Waals surface area contributed by atoms with E-state index in [4.69, 9.17) is 0 Å². The Morgan fingerprint density at radius 1 is 0.939 bits per heavy atom. The van der Waals surface area contributed by atoms with E-state index in [1.165, 1.54) is 0 Å². The van der Waals surface area contributed by atoms with Crippen molar-refractivity contribution in [2.45, 2.75) is 51.7 Å². The zero-order valence-corrected chi connectivity index (χ0v) is 19.4. The highest BCUT2D eigenvalue weighted by Gasteiger charge is 2.41. The van der Waals surface area contributed by atoms with E-state index in [2.05, 4.69) is 34.6 Å². The summed E-state index contributed by atoms with van der Waals surface area (Å²) in [5.41, 5.74) is 1.33. The van der Waals surface area contributed by atoms with Crippen molar-refractivity contribution in [3.05, 3.63) is 87.8 Å². The quantitative estimate of drug-likeness (QED) is 0.598. The minimum atomic E-state index is -0.807.